The lowest BCUT2D eigenvalue weighted by Crippen LogP contribution is -2.49. The number of hydrogen-bond acceptors (Lipinski definition) is 6. The van der Waals surface area contributed by atoms with Crippen LogP contribution in [0.2, 0.25) is 0 Å². The number of benzene rings is 4. The first-order valence-corrected chi connectivity index (χ1v) is 18.0. The molecular formula is C42H37F7N6O4. The molecule has 0 aliphatic rings. The minimum absolute atomic E-state index is 0.0931. The Hall–Kier alpha value is -6.65. The van der Waals surface area contributed by atoms with Crippen molar-refractivity contribution in [2.45, 2.75) is 52.9 Å². The maximum atomic E-state index is 15.1. The Kier molecular flexibility index (Phi) is 11.9. The van der Waals surface area contributed by atoms with Crippen LogP contribution in [0.5, 0.6) is 0 Å². The predicted octanol–water partition coefficient (Wildman–Crippen LogP) is 10.5. The van der Waals surface area contributed by atoms with Gasteiger partial charge >= 0.3 is 18.4 Å². The second kappa shape index (κ2) is 16.7. The van der Waals surface area contributed by atoms with Gasteiger partial charge in [-0.1, -0.05) is 38.1 Å². The van der Waals surface area contributed by atoms with Crippen LogP contribution in [0.3, 0.4) is 0 Å². The molecule has 0 unspecified atom stereocenters. The number of hydrogen-bond donors (Lipinski definition) is 0. The first-order valence-electron chi connectivity index (χ1n) is 18.0. The molecule has 2 amide bonds. The number of nitrogens with zero attached hydrogens (tertiary/aromatic N) is 6. The topological polar surface area (TPSA) is 94.7 Å². The Morgan fingerprint density at radius 1 is 0.644 bits per heavy atom. The standard InChI is InChI=1S/C42H37F7N6O4/c1-23(2)28-17-32(43)38(33(44)18-28)52-13-11-36(50-52)26-9-7-24(3)29(15-26)21-54(40(56)58-5)55(41(57)59-6)22-30-16-27(10-8-25(30)4)37-12-14-53(51-37)39-34(45)19-31(20-35(39)46)42(47,48)49/h7-20,23H,21-22H2,1-6H3. The number of hydrazine groups is 1. The molecule has 308 valence electrons. The zero-order valence-corrected chi connectivity index (χ0v) is 32.5. The Morgan fingerprint density at radius 2 is 1.03 bits per heavy atom. The van der Waals surface area contributed by atoms with E-state index in [2.05, 4.69) is 10.2 Å². The van der Waals surface area contributed by atoms with Crippen molar-refractivity contribution in [3.05, 3.63) is 142 Å². The SMILES string of the molecule is COC(=O)N(Cc1cc(-c2ccn(-c3c(F)cc(C(C)C)cc3F)n2)ccc1C)N(Cc1cc(-c2ccn(-c3c(F)cc(C(F)(F)F)cc3F)n2)ccc1C)C(=O)OC. The van der Waals surface area contributed by atoms with E-state index in [0.717, 1.165) is 33.6 Å². The van der Waals surface area contributed by atoms with Gasteiger partial charge in [-0.3, -0.25) is 0 Å². The number of carbonyl (C=O) groups is 2. The molecule has 0 radical (unpaired) electrons. The van der Waals surface area contributed by atoms with E-state index in [1.807, 2.05) is 13.8 Å². The first-order chi connectivity index (χ1) is 27.9. The highest BCUT2D eigenvalue weighted by Crippen LogP contribution is 2.33. The molecule has 0 saturated heterocycles. The van der Waals surface area contributed by atoms with Gasteiger partial charge in [0.05, 0.1) is 44.3 Å². The lowest BCUT2D eigenvalue weighted by Gasteiger charge is -2.33. The monoisotopic (exact) mass is 822 g/mol. The highest BCUT2D eigenvalue weighted by Gasteiger charge is 2.33. The van der Waals surface area contributed by atoms with Crippen LogP contribution in [-0.2, 0) is 28.7 Å². The zero-order valence-electron chi connectivity index (χ0n) is 32.5. The van der Waals surface area contributed by atoms with E-state index in [4.69, 9.17) is 9.47 Å². The van der Waals surface area contributed by atoms with Gasteiger partial charge in [0, 0.05) is 23.5 Å². The van der Waals surface area contributed by atoms with Crippen molar-refractivity contribution >= 4 is 12.2 Å². The highest BCUT2D eigenvalue weighted by molar-refractivity contribution is 5.74. The lowest BCUT2D eigenvalue weighted by molar-refractivity contribution is -0.138. The summed E-state index contributed by atoms with van der Waals surface area (Å²) >= 11 is 0. The Bertz CT molecular complexity index is 2500. The van der Waals surface area contributed by atoms with Gasteiger partial charge in [0.15, 0.2) is 23.3 Å². The highest BCUT2D eigenvalue weighted by atomic mass is 19.4. The van der Waals surface area contributed by atoms with Gasteiger partial charge < -0.3 is 9.47 Å². The molecule has 0 atom stereocenters. The molecule has 4 aromatic carbocycles. The lowest BCUT2D eigenvalue weighted by atomic mass is 10.0. The summed E-state index contributed by atoms with van der Waals surface area (Å²) in [6, 6.07) is 16.1. The summed E-state index contributed by atoms with van der Waals surface area (Å²) in [5.74, 6) is -4.58. The summed E-state index contributed by atoms with van der Waals surface area (Å²) in [5.41, 5.74) is 1.77. The number of aromatic nitrogens is 4. The molecule has 0 fully saturated rings. The summed E-state index contributed by atoms with van der Waals surface area (Å²) in [5, 5.41) is 10.7. The average Bonchev–Trinajstić information content (AvgIpc) is 3.87. The minimum atomic E-state index is -4.96. The summed E-state index contributed by atoms with van der Waals surface area (Å²) in [7, 11) is 2.27. The molecule has 0 bridgehead atoms. The number of ether oxygens (including phenoxy) is 2. The quantitative estimate of drug-likeness (QED) is 0.106. The molecule has 0 spiro atoms. The molecule has 59 heavy (non-hydrogen) atoms. The summed E-state index contributed by atoms with van der Waals surface area (Å²) in [6.45, 7) is 6.71. The molecule has 10 nitrogen and oxygen atoms in total. The third-order valence-electron chi connectivity index (χ3n) is 9.68. The number of rotatable bonds is 9. The fourth-order valence-corrected chi connectivity index (χ4v) is 6.32. The summed E-state index contributed by atoms with van der Waals surface area (Å²) in [4.78, 5) is 26.8. The van der Waals surface area contributed by atoms with E-state index >= 15 is 8.78 Å². The van der Waals surface area contributed by atoms with Crippen molar-refractivity contribution < 1.29 is 49.8 Å². The molecule has 0 N–H and O–H groups in total. The molecule has 0 aliphatic carbocycles. The van der Waals surface area contributed by atoms with E-state index in [-0.39, 0.29) is 42.5 Å². The second-order valence-electron chi connectivity index (χ2n) is 13.9. The van der Waals surface area contributed by atoms with E-state index < -0.39 is 52.9 Å². The van der Waals surface area contributed by atoms with Gasteiger partial charge in [-0.05, 0) is 96.1 Å². The number of amides is 2. The van der Waals surface area contributed by atoms with E-state index in [1.54, 1.807) is 56.3 Å². The van der Waals surface area contributed by atoms with E-state index in [9.17, 15) is 31.5 Å². The van der Waals surface area contributed by atoms with Crippen LogP contribution in [-0.4, -0.2) is 56.0 Å². The molecule has 0 aliphatic heterocycles. The van der Waals surface area contributed by atoms with E-state index in [0.29, 0.717) is 44.6 Å². The zero-order chi connectivity index (χ0) is 42.9. The molecule has 17 heteroatoms. The Labute approximate surface area is 334 Å². The summed E-state index contributed by atoms with van der Waals surface area (Å²) < 4.78 is 111. The first kappa shape index (κ1) is 42.0. The van der Waals surface area contributed by atoms with Crippen LogP contribution in [0.15, 0.2) is 85.2 Å². The maximum absolute atomic E-state index is 15.1. The average molecular weight is 823 g/mol. The molecule has 6 aromatic rings. The number of carbonyl (C=O) groups excluding carboxylic acids is 2. The Morgan fingerprint density at radius 3 is 1.39 bits per heavy atom. The van der Waals surface area contributed by atoms with Gasteiger partial charge in [0.1, 0.15) is 11.4 Å². The predicted molar refractivity (Wildman–Crippen MR) is 202 cm³/mol. The van der Waals surface area contributed by atoms with Crippen molar-refractivity contribution in [1.29, 1.82) is 0 Å². The smallest absolute Gasteiger partial charge is 0.429 e. The maximum Gasteiger partial charge on any atom is 0.429 e. The fourth-order valence-electron chi connectivity index (χ4n) is 6.32. The third kappa shape index (κ3) is 8.78. The minimum Gasteiger partial charge on any atom is -0.452 e. The van der Waals surface area contributed by atoms with Gasteiger partial charge in [-0.15, -0.1) is 0 Å². The van der Waals surface area contributed by atoms with E-state index in [1.165, 1.54) is 30.6 Å². The summed E-state index contributed by atoms with van der Waals surface area (Å²) in [6.07, 6.45) is -4.20. The molecular weight excluding hydrogens is 785 g/mol. The Balaban J connectivity index is 1.30. The van der Waals surface area contributed by atoms with Crippen molar-refractivity contribution in [2.75, 3.05) is 14.2 Å². The van der Waals surface area contributed by atoms with Crippen LogP contribution in [0.1, 0.15) is 53.1 Å². The number of methoxy groups -OCH3 is 2. The van der Waals surface area contributed by atoms with Gasteiger partial charge in [0.25, 0.3) is 0 Å². The van der Waals surface area contributed by atoms with Gasteiger partial charge in [0.2, 0.25) is 0 Å². The van der Waals surface area contributed by atoms with Crippen LogP contribution in [0.25, 0.3) is 33.9 Å². The molecule has 2 aromatic heterocycles. The molecule has 0 saturated carbocycles. The van der Waals surface area contributed by atoms with Gasteiger partial charge in [-0.25, -0.2) is 46.5 Å². The second-order valence-corrected chi connectivity index (χ2v) is 13.9. The molecule has 6 rings (SSSR count). The van der Waals surface area contributed by atoms with Gasteiger partial charge in [-0.2, -0.15) is 23.4 Å². The number of alkyl halides is 3. The van der Waals surface area contributed by atoms with Crippen LogP contribution in [0, 0.1) is 37.1 Å². The normalized spacial score (nSPS) is 11.6. The van der Waals surface area contributed by atoms with Crippen LogP contribution < -0.4 is 0 Å². The third-order valence-corrected chi connectivity index (χ3v) is 9.68. The number of aryl methyl sites for hydroxylation is 2. The van der Waals surface area contributed by atoms with Crippen molar-refractivity contribution in [2.24, 2.45) is 0 Å². The number of halogens is 7. The molecule has 2 heterocycles. The largest absolute Gasteiger partial charge is 0.452 e. The van der Waals surface area contributed by atoms with Crippen LogP contribution in [0.4, 0.5) is 40.3 Å². The van der Waals surface area contributed by atoms with Crippen molar-refractivity contribution in [3.63, 3.8) is 0 Å². The fraction of sp³-hybridized carbons (Fsp3) is 0.238. The van der Waals surface area contributed by atoms with Crippen molar-refractivity contribution in [1.82, 2.24) is 29.6 Å². The van der Waals surface area contributed by atoms with Crippen LogP contribution >= 0.6 is 0 Å². The van der Waals surface area contributed by atoms with Crippen molar-refractivity contribution in [3.8, 4) is 33.9 Å².